The van der Waals surface area contributed by atoms with Crippen molar-refractivity contribution in [3.63, 3.8) is 0 Å². The lowest BCUT2D eigenvalue weighted by Crippen LogP contribution is -2.27. The van der Waals surface area contributed by atoms with Crippen LogP contribution in [-0.4, -0.2) is 24.1 Å². The first-order valence-electron chi connectivity index (χ1n) is 4.88. The summed E-state index contributed by atoms with van der Waals surface area (Å²) in [4.78, 5) is 10.3. The second-order valence-electron chi connectivity index (χ2n) is 3.78. The molecule has 0 aliphatic carbocycles. The van der Waals surface area contributed by atoms with Gasteiger partial charge in [0.2, 0.25) is 6.04 Å². The molecule has 1 aliphatic rings. The molecule has 0 spiro atoms. The maximum absolute atomic E-state index is 13.4. The van der Waals surface area contributed by atoms with Crippen molar-refractivity contribution in [2.75, 3.05) is 13.1 Å². The van der Waals surface area contributed by atoms with E-state index >= 15 is 0 Å². The molecule has 0 aromatic heterocycles. The maximum atomic E-state index is 13.4. The summed E-state index contributed by atoms with van der Waals surface area (Å²) >= 11 is 0. The summed E-state index contributed by atoms with van der Waals surface area (Å²) in [5.41, 5.74) is 0.0756. The van der Waals surface area contributed by atoms with Crippen LogP contribution in [0.2, 0.25) is 0 Å². The van der Waals surface area contributed by atoms with Gasteiger partial charge in [0.05, 0.1) is 12.5 Å². The molecule has 1 aromatic carbocycles. The van der Waals surface area contributed by atoms with Crippen LogP contribution >= 0.6 is 0 Å². The summed E-state index contributed by atoms with van der Waals surface area (Å²) < 4.78 is 26.4. The van der Waals surface area contributed by atoms with Crippen molar-refractivity contribution < 1.29 is 13.7 Å². The Balaban J connectivity index is 2.35. The molecule has 2 unspecified atom stereocenters. The third-order valence-electron chi connectivity index (χ3n) is 2.81. The summed E-state index contributed by atoms with van der Waals surface area (Å²) in [7, 11) is 0. The lowest BCUT2D eigenvalue weighted by Gasteiger charge is -2.13. The minimum Gasteiger partial charge on any atom is -0.310 e. The molecule has 4 nitrogen and oxygen atoms in total. The van der Waals surface area contributed by atoms with Crippen LogP contribution in [0.15, 0.2) is 18.2 Å². The van der Waals surface area contributed by atoms with Crippen LogP contribution in [0.5, 0.6) is 0 Å². The summed E-state index contributed by atoms with van der Waals surface area (Å²) in [6.45, 7) is 0.486. The SMILES string of the molecule is O=[N+]([O-])C1CNCC1c1cc(F)ccc1F. The maximum Gasteiger partial charge on any atom is 0.233 e. The average Bonchev–Trinajstić information content (AvgIpc) is 2.70. The third kappa shape index (κ3) is 1.88. The zero-order valence-electron chi connectivity index (χ0n) is 8.32. The van der Waals surface area contributed by atoms with Crippen molar-refractivity contribution >= 4 is 0 Å². The smallest absolute Gasteiger partial charge is 0.233 e. The molecule has 0 saturated carbocycles. The molecular weight excluding hydrogens is 218 g/mol. The fourth-order valence-electron chi connectivity index (χ4n) is 2.00. The number of nitrogens with one attached hydrogen (secondary N) is 1. The Morgan fingerprint density at radius 1 is 1.38 bits per heavy atom. The van der Waals surface area contributed by atoms with Crippen LogP contribution in [0.1, 0.15) is 11.5 Å². The molecule has 6 heteroatoms. The van der Waals surface area contributed by atoms with Gasteiger partial charge >= 0.3 is 0 Å². The highest BCUT2D eigenvalue weighted by atomic mass is 19.1. The van der Waals surface area contributed by atoms with Crippen LogP contribution in [-0.2, 0) is 0 Å². The average molecular weight is 228 g/mol. The highest BCUT2D eigenvalue weighted by molar-refractivity contribution is 5.25. The Labute approximate surface area is 90.4 Å². The summed E-state index contributed by atoms with van der Waals surface area (Å²) in [6.07, 6.45) is 0. The molecule has 1 saturated heterocycles. The fourth-order valence-corrected chi connectivity index (χ4v) is 2.00. The predicted molar refractivity (Wildman–Crippen MR) is 52.8 cm³/mol. The van der Waals surface area contributed by atoms with Crippen LogP contribution in [0.4, 0.5) is 8.78 Å². The van der Waals surface area contributed by atoms with Gasteiger partial charge in [0.25, 0.3) is 0 Å². The van der Waals surface area contributed by atoms with E-state index in [4.69, 9.17) is 0 Å². The fraction of sp³-hybridized carbons (Fsp3) is 0.400. The van der Waals surface area contributed by atoms with Crippen LogP contribution in [0.25, 0.3) is 0 Å². The number of benzene rings is 1. The van der Waals surface area contributed by atoms with Crippen LogP contribution < -0.4 is 5.32 Å². The van der Waals surface area contributed by atoms with E-state index in [2.05, 4.69) is 5.32 Å². The summed E-state index contributed by atoms with van der Waals surface area (Å²) in [5.74, 6) is -1.78. The largest absolute Gasteiger partial charge is 0.310 e. The molecule has 1 fully saturated rings. The zero-order chi connectivity index (χ0) is 11.7. The van der Waals surface area contributed by atoms with E-state index in [1.165, 1.54) is 0 Å². The molecule has 0 amide bonds. The molecule has 1 aromatic rings. The van der Waals surface area contributed by atoms with Gasteiger partial charge in [-0.2, -0.15) is 0 Å². The Bertz CT molecular complexity index is 425. The molecule has 1 aliphatic heterocycles. The molecular formula is C10H10F2N2O2. The number of rotatable bonds is 2. The van der Waals surface area contributed by atoms with Gasteiger partial charge in [0.15, 0.2) is 0 Å². The van der Waals surface area contributed by atoms with E-state index in [0.717, 1.165) is 18.2 Å². The lowest BCUT2D eigenvalue weighted by molar-refractivity contribution is -0.520. The molecule has 1 heterocycles. The number of hydrogen-bond donors (Lipinski definition) is 1. The monoisotopic (exact) mass is 228 g/mol. The first-order valence-corrected chi connectivity index (χ1v) is 4.88. The molecule has 0 bridgehead atoms. The van der Waals surface area contributed by atoms with Crippen molar-refractivity contribution in [2.45, 2.75) is 12.0 Å². The van der Waals surface area contributed by atoms with Crippen LogP contribution in [0.3, 0.4) is 0 Å². The van der Waals surface area contributed by atoms with Crippen molar-refractivity contribution in [1.82, 2.24) is 5.32 Å². The minimum absolute atomic E-state index is 0.0756. The molecule has 0 radical (unpaired) electrons. The minimum atomic E-state index is -0.892. The number of nitro groups is 1. The topological polar surface area (TPSA) is 55.2 Å². The number of hydrogen-bond acceptors (Lipinski definition) is 3. The van der Waals surface area contributed by atoms with Gasteiger partial charge < -0.3 is 5.32 Å². The highest BCUT2D eigenvalue weighted by Crippen LogP contribution is 2.27. The number of nitrogens with zero attached hydrogens (tertiary/aromatic N) is 1. The van der Waals surface area contributed by atoms with Gasteiger partial charge in [-0.05, 0) is 18.2 Å². The quantitative estimate of drug-likeness (QED) is 0.613. The van der Waals surface area contributed by atoms with E-state index in [-0.39, 0.29) is 12.1 Å². The van der Waals surface area contributed by atoms with E-state index in [9.17, 15) is 18.9 Å². The van der Waals surface area contributed by atoms with E-state index in [1.54, 1.807) is 0 Å². The Morgan fingerprint density at radius 2 is 2.12 bits per heavy atom. The Kier molecular flexibility index (Phi) is 2.82. The van der Waals surface area contributed by atoms with Gasteiger partial charge in [-0.3, -0.25) is 10.1 Å². The second kappa shape index (κ2) is 4.13. The summed E-state index contributed by atoms with van der Waals surface area (Å²) in [6, 6.07) is 2.14. The van der Waals surface area contributed by atoms with E-state index in [1.807, 2.05) is 0 Å². The Hall–Kier alpha value is -1.56. The third-order valence-corrected chi connectivity index (χ3v) is 2.81. The predicted octanol–water partition coefficient (Wildman–Crippen LogP) is 1.30. The van der Waals surface area contributed by atoms with Gasteiger partial charge in [0, 0.05) is 17.0 Å². The van der Waals surface area contributed by atoms with E-state index in [0.29, 0.717) is 6.54 Å². The van der Waals surface area contributed by atoms with Gasteiger partial charge in [0.1, 0.15) is 11.6 Å². The lowest BCUT2D eigenvalue weighted by atomic mass is 9.94. The van der Waals surface area contributed by atoms with Gasteiger partial charge in [-0.1, -0.05) is 0 Å². The molecule has 2 rings (SSSR count). The van der Waals surface area contributed by atoms with Crippen LogP contribution in [0, 0.1) is 21.7 Å². The molecule has 16 heavy (non-hydrogen) atoms. The van der Waals surface area contributed by atoms with Crippen molar-refractivity contribution in [2.24, 2.45) is 0 Å². The Morgan fingerprint density at radius 3 is 2.81 bits per heavy atom. The first-order chi connectivity index (χ1) is 7.59. The van der Waals surface area contributed by atoms with E-state index < -0.39 is 28.5 Å². The molecule has 1 N–H and O–H groups in total. The normalized spacial score (nSPS) is 24.6. The number of halogens is 2. The molecule has 2 atom stereocenters. The van der Waals surface area contributed by atoms with Crippen molar-refractivity contribution in [1.29, 1.82) is 0 Å². The summed E-state index contributed by atoms with van der Waals surface area (Å²) in [5, 5.41) is 13.5. The second-order valence-corrected chi connectivity index (χ2v) is 3.78. The van der Waals surface area contributed by atoms with Gasteiger partial charge in [-0.25, -0.2) is 8.78 Å². The highest BCUT2D eigenvalue weighted by Gasteiger charge is 2.38. The molecule has 86 valence electrons. The van der Waals surface area contributed by atoms with Crippen molar-refractivity contribution in [3.8, 4) is 0 Å². The van der Waals surface area contributed by atoms with Crippen molar-refractivity contribution in [3.05, 3.63) is 45.5 Å². The standard InChI is InChI=1S/C10H10F2N2O2/c11-6-1-2-9(12)7(3-6)8-4-13-5-10(8)14(15)16/h1-3,8,10,13H,4-5H2. The zero-order valence-corrected chi connectivity index (χ0v) is 8.32. The first kappa shape index (κ1) is 10.9. The van der Waals surface area contributed by atoms with Gasteiger partial charge in [-0.15, -0.1) is 0 Å².